The summed E-state index contributed by atoms with van der Waals surface area (Å²) in [6.07, 6.45) is 53.8. The van der Waals surface area contributed by atoms with Crippen molar-refractivity contribution in [2.75, 3.05) is 13.2 Å². The van der Waals surface area contributed by atoms with Gasteiger partial charge in [0.1, 0.15) is 18.8 Å². The summed E-state index contributed by atoms with van der Waals surface area (Å²) in [6, 6.07) is 0. The van der Waals surface area contributed by atoms with Gasteiger partial charge in [-0.1, -0.05) is 189 Å². The lowest BCUT2D eigenvalue weighted by Crippen LogP contribution is -2.61. The number of unbranched alkanes of at least 4 members (excludes halogenated alkanes) is 18. The first-order valence-electron chi connectivity index (χ1n) is 29.2. The van der Waals surface area contributed by atoms with Gasteiger partial charge in [-0.15, -0.1) is 0 Å². The zero-order valence-electron chi connectivity index (χ0n) is 46.8. The third-order valence-corrected chi connectivity index (χ3v) is 12.6. The van der Waals surface area contributed by atoms with Gasteiger partial charge in [0.25, 0.3) is 0 Å². The van der Waals surface area contributed by atoms with E-state index in [2.05, 4.69) is 118 Å². The largest absolute Gasteiger partial charge is 0.479 e. The predicted molar refractivity (Wildman–Crippen MR) is 303 cm³/mol. The van der Waals surface area contributed by atoms with Gasteiger partial charge in [0.2, 0.25) is 0 Å². The molecule has 3 N–H and O–H groups in total. The fourth-order valence-corrected chi connectivity index (χ4v) is 8.11. The highest BCUT2D eigenvalue weighted by Gasteiger charge is 2.50. The number of aliphatic hydroxyl groups excluding tert-OH is 2. The third-order valence-electron chi connectivity index (χ3n) is 12.6. The van der Waals surface area contributed by atoms with E-state index in [1.807, 2.05) is 0 Å². The monoisotopic (exact) mass is 1050 g/mol. The van der Waals surface area contributed by atoms with Gasteiger partial charge in [-0.25, -0.2) is 4.79 Å². The molecular formula is C63H102O12. The van der Waals surface area contributed by atoms with Gasteiger partial charge in [-0.05, 0) is 116 Å². The summed E-state index contributed by atoms with van der Waals surface area (Å²) in [5, 5.41) is 31.5. The van der Waals surface area contributed by atoms with Crippen molar-refractivity contribution in [2.24, 2.45) is 0 Å². The molecule has 6 unspecified atom stereocenters. The summed E-state index contributed by atoms with van der Waals surface area (Å²) in [6.45, 7) is 5.75. The number of hydrogen-bond donors (Lipinski definition) is 3. The van der Waals surface area contributed by atoms with Crippen molar-refractivity contribution < 1.29 is 58.2 Å². The Balaban J connectivity index is 2.71. The maximum atomic E-state index is 13.1. The average Bonchev–Trinajstić information content (AvgIpc) is 3.39. The second-order valence-electron chi connectivity index (χ2n) is 19.5. The van der Waals surface area contributed by atoms with Crippen molar-refractivity contribution in [3.05, 3.63) is 97.2 Å². The molecule has 0 spiro atoms. The predicted octanol–water partition coefficient (Wildman–Crippen LogP) is 14.9. The van der Waals surface area contributed by atoms with E-state index in [4.69, 9.17) is 23.7 Å². The second kappa shape index (κ2) is 50.5. The number of carbonyl (C=O) groups is 4. The third kappa shape index (κ3) is 40.6. The number of esters is 3. The summed E-state index contributed by atoms with van der Waals surface area (Å²) < 4.78 is 28.3. The quantitative estimate of drug-likeness (QED) is 0.0228. The van der Waals surface area contributed by atoms with Crippen LogP contribution in [0.5, 0.6) is 0 Å². The van der Waals surface area contributed by atoms with Crippen LogP contribution in [0.4, 0.5) is 0 Å². The summed E-state index contributed by atoms with van der Waals surface area (Å²) in [4.78, 5) is 51.0. The number of hydrogen-bond acceptors (Lipinski definition) is 11. The number of aliphatic carboxylic acids is 1. The fraction of sp³-hybridized carbons (Fsp3) is 0.683. The molecule has 0 bridgehead atoms. The van der Waals surface area contributed by atoms with Gasteiger partial charge >= 0.3 is 23.9 Å². The van der Waals surface area contributed by atoms with E-state index >= 15 is 0 Å². The summed E-state index contributed by atoms with van der Waals surface area (Å²) in [5.74, 6) is -3.21. The molecule has 1 fully saturated rings. The molecule has 6 atom stereocenters. The molecule has 0 saturated carbocycles. The zero-order valence-corrected chi connectivity index (χ0v) is 46.8. The Hall–Kier alpha value is -4.36. The molecule has 75 heavy (non-hydrogen) atoms. The van der Waals surface area contributed by atoms with Crippen LogP contribution in [0.3, 0.4) is 0 Å². The van der Waals surface area contributed by atoms with Crippen LogP contribution in [0, 0.1) is 0 Å². The maximum absolute atomic E-state index is 13.1. The van der Waals surface area contributed by atoms with Gasteiger partial charge < -0.3 is 39.0 Å². The summed E-state index contributed by atoms with van der Waals surface area (Å²) in [5.41, 5.74) is 0. The average molecular weight is 1050 g/mol. The number of aliphatic hydroxyl groups is 2. The van der Waals surface area contributed by atoms with E-state index in [1.54, 1.807) is 0 Å². The molecule has 0 aromatic carbocycles. The van der Waals surface area contributed by atoms with Crippen molar-refractivity contribution in [3.63, 3.8) is 0 Å². The van der Waals surface area contributed by atoms with Crippen LogP contribution < -0.4 is 0 Å². The molecule has 1 saturated heterocycles. The Morgan fingerprint density at radius 2 is 0.853 bits per heavy atom. The van der Waals surface area contributed by atoms with Crippen LogP contribution in [0.15, 0.2) is 97.2 Å². The Bertz CT molecular complexity index is 1670. The van der Waals surface area contributed by atoms with Crippen LogP contribution in [0.1, 0.15) is 226 Å². The number of allylic oxidation sites excluding steroid dienone is 16. The first-order chi connectivity index (χ1) is 36.6. The Kier molecular flexibility index (Phi) is 46.2. The molecule has 1 aliphatic heterocycles. The molecule has 12 heteroatoms. The minimum absolute atomic E-state index is 0.0367. The van der Waals surface area contributed by atoms with E-state index in [9.17, 15) is 34.5 Å². The standard InChI is InChI=1S/C63H102O12/c1-4-7-10-13-16-19-22-24-26-27-28-29-31-33-36-39-42-45-48-51-57(66)74-61-59(68)58(67)60(62(69)70)75-63(61)72-53-54(73-56(65)50-47-44-41-38-34-21-18-15-12-9-6-3)52-71-55(64)49-46-43-40-37-35-32-30-25-23-20-17-14-11-8-5-2/h8,11,15-20,24-26,28-30,35,37,54,58-61,63,67-68H,4-7,9-10,12-14,21-23,27,31-34,36,38-53H2,1-3H3,(H,69,70)/b11-8-,18-15-,19-16-,20-17-,26-24-,29-28-,30-25-,37-35-. The van der Waals surface area contributed by atoms with Gasteiger partial charge in [-0.2, -0.15) is 0 Å². The molecule has 1 rings (SSSR count). The smallest absolute Gasteiger partial charge is 0.335 e. The molecule has 1 heterocycles. The SMILES string of the molecule is CC/C=C\C/C=C\C/C=C\C/C=C\CCCCC(=O)OCC(COC1OC(C(=O)O)C(O)C(O)C1OC(=O)CCCCCCCC/C=C\C/C=C\C/C=C\CCCCC)OC(=O)CCCCCCC/C=C\CCCC. The van der Waals surface area contributed by atoms with Crippen LogP contribution in [0.25, 0.3) is 0 Å². The molecule has 0 aromatic heterocycles. The van der Waals surface area contributed by atoms with Crippen LogP contribution >= 0.6 is 0 Å². The number of ether oxygens (including phenoxy) is 5. The van der Waals surface area contributed by atoms with E-state index in [1.165, 1.54) is 32.1 Å². The van der Waals surface area contributed by atoms with E-state index in [0.29, 0.717) is 19.3 Å². The number of carboxylic acids is 1. The molecule has 12 nitrogen and oxygen atoms in total. The van der Waals surface area contributed by atoms with E-state index in [-0.39, 0.29) is 25.9 Å². The zero-order chi connectivity index (χ0) is 54.7. The lowest BCUT2D eigenvalue weighted by Gasteiger charge is -2.40. The second-order valence-corrected chi connectivity index (χ2v) is 19.5. The highest BCUT2D eigenvalue weighted by molar-refractivity contribution is 5.74. The lowest BCUT2D eigenvalue weighted by molar-refractivity contribution is -0.301. The Labute approximate surface area is 453 Å². The number of carbonyl (C=O) groups excluding carboxylic acids is 3. The van der Waals surface area contributed by atoms with Gasteiger partial charge in [-0.3, -0.25) is 14.4 Å². The van der Waals surface area contributed by atoms with Gasteiger partial charge in [0, 0.05) is 19.3 Å². The summed E-state index contributed by atoms with van der Waals surface area (Å²) in [7, 11) is 0. The first-order valence-corrected chi connectivity index (χ1v) is 29.2. The minimum Gasteiger partial charge on any atom is -0.479 e. The lowest BCUT2D eigenvalue weighted by atomic mass is 9.98. The van der Waals surface area contributed by atoms with Crippen molar-refractivity contribution in [1.82, 2.24) is 0 Å². The first kappa shape index (κ1) is 68.7. The van der Waals surface area contributed by atoms with Crippen molar-refractivity contribution in [2.45, 2.75) is 263 Å². The van der Waals surface area contributed by atoms with E-state index < -0.39 is 67.3 Å². The molecule has 0 radical (unpaired) electrons. The van der Waals surface area contributed by atoms with Crippen molar-refractivity contribution >= 4 is 23.9 Å². The van der Waals surface area contributed by atoms with Crippen LogP contribution in [-0.4, -0.2) is 89.2 Å². The maximum Gasteiger partial charge on any atom is 0.335 e. The molecule has 1 aliphatic rings. The van der Waals surface area contributed by atoms with Gasteiger partial charge in [0.05, 0.1) is 6.61 Å². The molecule has 426 valence electrons. The Morgan fingerprint density at radius 3 is 1.36 bits per heavy atom. The number of carboxylic acid groups (broad SMARTS) is 1. The summed E-state index contributed by atoms with van der Waals surface area (Å²) >= 11 is 0. The number of rotatable bonds is 48. The highest BCUT2D eigenvalue weighted by atomic mass is 16.7. The molecule has 0 amide bonds. The minimum atomic E-state index is -1.92. The Morgan fingerprint density at radius 1 is 0.453 bits per heavy atom. The normalized spacial score (nSPS) is 18.9. The molecular weight excluding hydrogens is 949 g/mol. The van der Waals surface area contributed by atoms with Crippen LogP contribution in [-0.2, 0) is 42.9 Å². The molecule has 0 aliphatic carbocycles. The van der Waals surface area contributed by atoms with Crippen LogP contribution in [0.2, 0.25) is 0 Å². The molecule has 0 aromatic rings. The topological polar surface area (TPSA) is 175 Å². The van der Waals surface area contributed by atoms with Gasteiger partial charge in [0.15, 0.2) is 24.6 Å². The fourth-order valence-electron chi connectivity index (χ4n) is 8.11. The highest BCUT2D eigenvalue weighted by Crippen LogP contribution is 2.26. The van der Waals surface area contributed by atoms with E-state index in [0.717, 1.165) is 135 Å². The van der Waals surface area contributed by atoms with Crippen molar-refractivity contribution in [1.29, 1.82) is 0 Å². The van der Waals surface area contributed by atoms with Crippen molar-refractivity contribution in [3.8, 4) is 0 Å².